The van der Waals surface area contributed by atoms with E-state index in [-0.39, 0.29) is 0 Å². The van der Waals surface area contributed by atoms with E-state index in [1.54, 1.807) is 0 Å². The molecular formula is C18H16Br4Si. The van der Waals surface area contributed by atoms with Crippen LogP contribution in [-0.4, -0.2) is 8.07 Å². The summed E-state index contributed by atoms with van der Waals surface area (Å²) in [7, 11) is -1.90. The second-order valence-corrected chi connectivity index (χ2v) is 14.5. The molecule has 0 aromatic heterocycles. The van der Waals surface area contributed by atoms with E-state index in [4.69, 9.17) is 0 Å². The van der Waals surface area contributed by atoms with E-state index in [0.29, 0.717) is 0 Å². The van der Waals surface area contributed by atoms with Gasteiger partial charge in [0.05, 0.1) is 0 Å². The van der Waals surface area contributed by atoms with E-state index in [2.05, 4.69) is 125 Å². The summed E-state index contributed by atoms with van der Waals surface area (Å²) in [4.78, 5) is 0. The Hall–Kier alpha value is 0.0569. The predicted octanol–water partition coefficient (Wildman–Crippen LogP) is 8.09. The highest BCUT2D eigenvalue weighted by molar-refractivity contribution is 9.17. The fourth-order valence-corrected chi connectivity index (χ4v) is 9.59. The quantitative estimate of drug-likeness (QED) is 0.321. The van der Waals surface area contributed by atoms with Crippen LogP contribution in [0, 0.1) is 0 Å². The Morgan fingerprint density at radius 2 is 0.913 bits per heavy atom. The highest BCUT2D eigenvalue weighted by atomic mass is 79.9. The Morgan fingerprint density at radius 1 is 0.609 bits per heavy atom. The smallest absolute Gasteiger partial charge is 0.0622 e. The van der Waals surface area contributed by atoms with E-state index in [0.717, 1.165) is 8.96 Å². The number of benzene rings is 2. The molecule has 5 heteroatoms. The lowest BCUT2D eigenvalue weighted by atomic mass is 10.2. The zero-order valence-electron chi connectivity index (χ0n) is 12.8. The molecule has 2 rings (SSSR count). The van der Waals surface area contributed by atoms with Crippen molar-refractivity contribution in [1.29, 1.82) is 0 Å². The molecular weight excluding hydrogens is 564 g/mol. The summed E-state index contributed by atoms with van der Waals surface area (Å²) < 4.78 is 4.66. The third-order valence-electron chi connectivity index (χ3n) is 3.54. The van der Waals surface area contributed by atoms with E-state index in [1.165, 1.54) is 19.3 Å². The van der Waals surface area contributed by atoms with E-state index < -0.39 is 8.07 Å². The van der Waals surface area contributed by atoms with Crippen molar-refractivity contribution in [3.8, 4) is 0 Å². The standard InChI is InChI=1S/C18H16Br4Si/c1-23(2,17(21)15(19)13-9-5-3-6-10-13)18(22)16(20)14-11-7-4-8-12-14/h3-12H,1-2H3/b17-15-,18-16-. The van der Waals surface area contributed by atoms with Crippen molar-refractivity contribution in [2.45, 2.75) is 13.1 Å². The Kier molecular flexibility index (Phi) is 7.11. The molecule has 0 aliphatic rings. The highest BCUT2D eigenvalue weighted by Gasteiger charge is 2.32. The molecule has 0 atom stereocenters. The van der Waals surface area contributed by atoms with Crippen molar-refractivity contribution < 1.29 is 0 Å². The van der Waals surface area contributed by atoms with Crippen LogP contribution in [0.3, 0.4) is 0 Å². The Morgan fingerprint density at radius 3 is 1.22 bits per heavy atom. The molecule has 0 amide bonds. The van der Waals surface area contributed by atoms with Crippen LogP contribution in [-0.2, 0) is 0 Å². The van der Waals surface area contributed by atoms with Gasteiger partial charge in [0.25, 0.3) is 0 Å². The number of rotatable bonds is 4. The average Bonchev–Trinajstić information content (AvgIpc) is 2.60. The lowest BCUT2D eigenvalue weighted by Gasteiger charge is -2.25. The van der Waals surface area contributed by atoms with Crippen LogP contribution in [0.5, 0.6) is 0 Å². The molecule has 23 heavy (non-hydrogen) atoms. The van der Waals surface area contributed by atoms with Gasteiger partial charge >= 0.3 is 0 Å². The molecule has 0 nitrogen and oxygen atoms in total. The molecule has 0 N–H and O–H groups in total. The molecule has 0 saturated heterocycles. The Balaban J connectivity index is 2.48. The highest BCUT2D eigenvalue weighted by Crippen LogP contribution is 2.43. The lowest BCUT2D eigenvalue weighted by molar-refractivity contribution is 1.64. The van der Waals surface area contributed by atoms with Gasteiger partial charge in [0.2, 0.25) is 0 Å². The van der Waals surface area contributed by atoms with Crippen molar-refractivity contribution in [2.24, 2.45) is 0 Å². The molecule has 2 aromatic carbocycles. The molecule has 2 aromatic rings. The van der Waals surface area contributed by atoms with Crippen molar-refractivity contribution in [3.63, 3.8) is 0 Å². The summed E-state index contributed by atoms with van der Waals surface area (Å²) in [5.74, 6) is 0. The number of hydrogen-bond acceptors (Lipinski definition) is 0. The van der Waals surface area contributed by atoms with Gasteiger partial charge in [0.1, 0.15) is 8.07 Å². The molecule has 0 aliphatic carbocycles. The molecule has 120 valence electrons. The maximum absolute atomic E-state index is 3.85. The van der Waals surface area contributed by atoms with Crippen LogP contribution in [0.4, 0.5) is 0 Å². The normalized spacial score (nSPS) is 14.2. The van der Waals surface area contributed by atoms with Crippen LogP contribution < -0.4 is 0 Å². The van der Waals surface area contributed by atoms with Crippen LogP contribution in [0.1, 0.15) is 11.1 Å². The van der Waals surface area contributed by atoms with Gasteiger partial charge in [-0.2, -0.15) is 0 Å². The first-order valence-corrected chi connectivity index (χ1v) is 13.2. The minimum absolute atomic E-state index is 1.11. The van der Waals surface area contributed by atoms with Gasteiger partial charge in [-0.15, -0.1) is 0 Å². The molecule has 0 fully saturated rings. The summed E-state index contributed by atoms with van der Waals surface area (Å²) >= 11 is 15.2. The average molecular weight is 580 g/mol. The van der Waals surface area contributed by atoms with Crippen LogP contribution in [0.2, 0.25) is 13.1 Å². The van der Waals surface area contributed by atoms with Gasteiger partial charge in [0.15, 0.2) is 0 Å². The molecule has 0 bridgehead atoms. The SMILES string of the molecule is C[Si](C)(/C(Br)=C(\Br)c1ccccc1)/C(Br)=C(\Br)c1ccccc1. The topological polar surface area (TPSA) is 0 Å². The minimum Gasteiger partial charge on any atom is -0.0622 e. The second-order valence-electron chi connectivity index (χ2n) is 5.61. The van der Waals surface area contributed by atoms with E-state index in [1.807, 2.05) is 12.1 Å². The van der Waals surface area contributed by atoms with Gasteiger partial charge in [-0.1, -0.05) is 106 Å². The first-order chi connectivity index (χ1) is 10.9. The van der Waals surface area contributed by atoms with Gasteiger partial charge in [-0.3, -0.25) is 0 Å². The summed E-state index contributed by atoms with van der Waals surface area (Å²) in [6, 6.07) is 20.7. The van der Waals surface area contributed by atoms with Crippen molar-refractivity contribution in [2.75, 3.05) is 0 Å². The summed E-state index contributed by atoms with van der Waals surface area (Å²) in [5.41, 5.74) is 2.35. The third-order valence-corrected chi connectivity index (χ3v) is 16.5. The van der Waals surface area contributed by atoms with E-state index in [9.17, 15) is 0 Å². The maximum Gasteiger partial charge on any atom is 0.132 e. The molecule has 0 spiro atoms. The third kappa shape index (κ3) is 4.57. The zero-order chi connectivity index (χ0) is 17.0. The van der Waals surface area contributed by atoms with E-state index >= 15 is 0 Å². The molecule has 0 heterocycles. The van der Waals surface area contributed by atoms with Crippen LogP contribution in [0.15, 0.2) is 68.9 Å². The molecule has 0 saturated carbocycles. The first kappa shape index (κ1) is 19.4. The van der Waals surface area contributed by atoms with Crippen molar-refractivity contribution in [3.05, 3.63) is 80.0 Å². The summed E-state index contributed by atoms with van der Waals surface area (Å²) in [5, 5.41) is 0. The van der Waals surface area contributed by atoms with Gasteiger partial charge in [0, 0.05) is 17.2 Å². The Labute approximate surface area is 172 Å². The fraction of sp³-hybridized carbons (Fsp3) is 0.111. The minimum atomic E-state index is -1.90. The van der Waals surface area contributed by atoms with Gasteiger partial charge in [-0.25, -0.2) is 0 Å². The number of halogens is 4. The molecule has 0 aliphatic heterocycles. The predicted molar refractivity (Wildman–Crippen MR) is 120 cm³/mol. The van der Waals surface area contributed by atoms with Crippen LogP contribution in [0.25, 0.3) is 8.96 Å². The molecule has 0 radical (unpaired) electrons. The van der Waals surface area contributed by atoms with Crippen molar-refractivity contribution in [1.82, 2.24) is 0 Å². The van der Waals surface area contributed by atoms with Crippen molar-refractivity contribution >= 4 is 80.8 Å². The fourth-order valence-electron chi connectivity index (χ4n) is 2.07. The largest absolute Gasteiger partial charge is 0.132 e. The first-order valence-electron chi connectivity index (χ1n) is 7.08. The van der Waals surface area contributed by atoms with Gasteiger partial charge in [-0.05, 0) is 43.0 Å². The lowest BCUT2D eigenvalue weighted by Crippen LogP contribution is -2.28. The summed E-state index contributed by atoms with van der Waals surface area (Å²) in [6.07, 6.45) is 0. The monoisotopic (exact) mass is 576 g/mol. The summed E-state index contributed by atoms with van der Waals surface area (Å²) in [6.45, 7) is 4.63. The maximum atomic E-state index is 3.85. The number of hydrogen-bond donors (Lipinski definition) is 0. The molecule has 0 unspecified atom stereocenters. The van der Waals surface area contributed by atoms with Gasteiger partial charge < -0.3 is 0 Å². The van der Waals surface area contributed by atoms with Crippen LogP contribution >= 0.6 is 63.7 Å². The Bertz CT molecular complexity index is 671. The second kappa shape index (κ2) is 8.43. The zero-order valence-corrected chi connectivity index (χ0v) is 20.1.